The second-order valence-corrected chi connectivity index (χ2v) is 7.53. The van der Waals surface area contributed by atoms with Crippen molar-refractivity contribution in [3.05, 3.63) is 95.6 Å². The Hall–Kier alpha value is -4.10. The van der Waals surface area contributed by atoms with E-state index in [0.717, 1.165) is 16.8 Å². The molecule has 0 unspecified atom stereocenters. The lowest BCUT2D eigenvalue weighted by Gasteiger charge is -2.09. The summed E-state index contributed by atoms with van der Waals surface area (Å²) in [4.78, 5) is 16.9. The van der Waals surface area contributed by atoms with Crippen molar-refractivity contribution in [2.24, 2.45) is 0 Å². The zero-order valence-electron chi connectivity index (χ0n) is 16.8. The molecule has 0 radical (unpaired) electrons. The first kappa shape index (κ1) is 19.8. The number of amides is 1. The molecule has 7 nitrogen and oxygen atoms in total. The first-order valence-corrected chi connectivity index (χ1v) is 10.3. The summed E-state index contributed by atoms with van der Waals surface area (Å²) in [5.41, 5.74) is 4.34. The lowest BCUT2D eigenvalue weighted by Crippen LogP contribution is -2.14. The summed E-state index contributed by atoms with van der Waals surface area (Å²) in [7, 11) is 0. The minimum absolute atomic E-state index is 0.144. The molecular formula is C24H17ClN6O. The molecule has 0 aliphatic rings. The minimum atomic E-state index is -0.144. The van der Waals surface area contributed by atoms with E-state index in [-0.39, 0.29) is 12.3 Å². The number of nitrogens with zero attached hydrogens (tertiary/aromatic N) is 5. The summed E-state index contributed by atoms with van der Waals surface area (Å²) < 4.78 is 1.67. The van der Waals surface area contributed by atoms with Crippen molar-refractivity contribution in [2.75, 3.05) is 5.32 Å². The van der Waals surface area contributed by atoms with Gasteiger partial charge in [-0.1, -0.05) is 48.0 Å². The molecule has 0 fully saturated rings. The van der Waals surface area contributed by atoms with Gasteiger partial charge in [0.05, 0.1) is 12.1 Å². The highest BCUT2D eigenvalue weighted by Gasteiger charge is 2.12. The molecule has 0 saturated heterocycles. The van der Waals surface area contributed by atoms with E-state index in [1.807, 2.05) is 72.8 Å². The quantitative estimate of drug-likeness (QED) is 0.428. The molecule has 0 saturated carbocycles. The SMILES string of the molecule is O=C(Cc1ccccc1Cl)Nc1cccc(-c2ccc3nnc(-c4ccccn4)n3n2)c1. The molecule has 3 heterocycles. The number of benzene rings is 2. The van der Waals surface area contributed by atoms with Gasteiger partial charge in [0.2, 0.25) is 11.7 Å². The fraction of sp³-hybridized carbons (Fsp3) is 0.0417. The Balaban J connectivity index is 1.41. The topological polar surface area (TPSA) is 85.1 Å². The Kier molecular flexibility index (Phi) is 5.31. The highest BCUT2D eigenvalue weighted by molar-refractivity contribution is 6.31. The van der Waals surface area contributed by atoms with Crippen LogP contribution >= 0.6 is 11.6 Å². The second-order valence-electron chi connectivity index (χ2n) is 7.12. The largest absolute Gasteiger partial charge is 0.326 e. The van der Waals surface area contributed by atoms with Crippen LogP contribution in [-0.4, -0.2) is 30.7 Å². The van der Waals surface area contributed by atoms with Crippen LogP contribution in [0, 0.1) is 0 Å². The van der Waals surface area contributed by atoms with Crippen LogP contribution in [0.15, 0.2) is 85.1 Å². The number of carbonyl (C=O) groups excluding carboxylic acids is 1. The first-order valence-electron chi connectivity index (χ1n) is 9.95. The van der Waals surface area contributed by atoms with E-state index in [1.54, 1.807) is 16.8 Å². The van der Waals surface area contributed by atoms with Gasteiger partial charge in [0.1, 0.15) is 5.69 Å². The third-order valence-corrected chi connectivity index (χ3v) is 5.28. The van der Waals surface area contributed by atoms with Gasteiger partial charge in [-0.05, 0) is 48.0 Å². The van der Waals surface area contributed by atoms with Crippen molar-refractivity contribution in [3.63, 3.8) is 0 Å². The summed E-state index contributed by atoms with van der Waals surface area (Å²) in [6, 6.07) is 24.2. The number of rotatable bonds is 5. The standard InChI is InChI=1S/C24H17ClN6O/c25-19-9-2-1-6-16(19)15-23(32)27-18-8-5-7-17(14-18)20-11-12-22-28-29-24(31(22)30-20)21-10-3-4-13-26-21/h1-14H,15H2,(H,27,32). The Labute approximate surface area is 188 Å². The van der Waals surface area contributed by atoms with Gasteiger partial charge in [0.15, 0.2) is 5.65 Å². The summed E-state index contributed by atoms with van der Waals surface area (Å²) in [6.45, 7) is 0. The van der Waals surface area contributed by atoms with Gasteiger partial charge in [-0.2, -0.15) is 9.61 Å². The number of carbonyl (C=O) groups is 1. The van der Waals surface area contributed by atoms with Crippen molar-refractivity contribution in [3.8, 4) is 22.8 Å². The maximum absolute atomic E-state index is 12.5. The van der Waals surface area contributed by atoms with Crippen molar-refractivity contribution >= 4 is 28.8 Å². The number of fused-ring (bicyclic) bond motifs is 1. The molecule has 32 heavy (non-hydrogen) atoms. The molecule has 3 aromatic heterocycles. The number of hydrogen-bond acceptors (Lipinski definition) is 5. The molecule has 1 amide bonds. The van der Waals surface area contributed by atoms with Gasteiger partial charge in [-0.25, -0.2) is 0 Å². The maximum atomic E-state index is 12.5. The molecule has 2 aromatic carbocycles. The van der Waals surface area contributed by atoms with Gasteiger partial charge in [-0.3, -0.25) is 9.78 Å². The van der Waals surface area contributed by atoms with E-state index < -0.39 is 0 Å². The molecular weight excluding hydrogens is 424 g/mol. The van der Waals surface area contributed by atoms with Crippen molar-refractivity contribution in [1.29, 1.82) is 0 Å². The average Bonchev–Trinajstić information content (AvgIpc) is 3.25. The van der Waals surface area contributed by atoms with Crippen molar-refractivity contribution < 1.29 is 4.79 Å². The van der Waals surface area contributed by atoms with E-state index in [0.29, 0.717) is 27.9 Å². The summed E-state index contributed by atoms with van der Waals surface area (Å²) in [6.07, 6.45) is 1.90. The Morgan fingerprint density at radius 2 is 1.78 bits per heavy atom. The number of hydrogen-bond donors (Lipinski definition) is 1. The van der Waals surface area contributed by atoms with Crippen LogP contribution in [0.4, 0.5) is 5.69 Å². The summed E-state index contributed by atoms with van der Waals surface area (Å²) >= 11 is 6.17. The monoisotopic (exact) mass is 440 g/mol. The van der Waals surface area contributed by atoms with Crippen LogP contribution < -0.4 is 5.32 Å². The van der Waals surface area contributed by atoms with Crippen LogP contribution in [0.5, 0.6) is 0 Å². The number of pyridine rings is 1. The smallest absolute Gasteiger partial charge is 0.228 e. The predicted molar refractivity (Wildman–Crippen MR) is 123 cm³/mol. The average molecular weight is 441 g/mol. The van der Waals surface area contributed by atoms with Crippen LogP contribution in [0.25, 0.3) is 28.4 Å². The fourth-order valence-corrected chi connectivity index (χ4v) is 3.58. The van der Waals surface area contributed by atoms with Crippen LogP contribution in [-0.2, 0) is 11.2 Å². The fourth-order valence-electron chi connectivity index (χ4n) is 3.37. The zero-order valence-corrected chi connectivity index (χ0v) is 17.6. The van der Waals surface area contributed by atoms with Gasteiger partial charge in [0.25, 0.3) is 0 Å². The van der Waals surface area contributed by atoms with Crippen molar-refractivity contribution in [1.82, 2.24) is 24.8 Å². The van der Waals surface area contributed by atoms with Gasteiger partial charge in [0, 0.05) is 22.5 Å². The first-order chi connectivity index (χ1) is 15.7. The van der Waals surface area contributed by atoms with E-state index in [4.69, 9.17) is 16.7 Å². The van der Waals surface area contributed by atoms with Gasteiger partial charge >= 0.3 is 0 Å². The maximum Gasteiger partial charge on any atom is 0.228 e. The molecule has 0 bridgehead atoms. The van der Waals surface area contributed by atoms with E-state index >= 15 is 0 Å². The highest BCUT2D eigenvalue weighted by atomic mass is 35.5. The number of aromatic nitrogens is 5. The molecule has 156 valence electrons. The third kappa shape index (κ3) is 4.06. The molecule has 0 spiro atoms. The van der Waals surface area contributed by atoms with Gasteiger partial charge < -0.3 is 5.32 Å². The van der Waals surface area contributed by atoms with E-state index in [1.165, 1.54) is 0 Å². The number of anilines is 1. The lowest BCUT2D eigenvalue weighted by atomic mass is 10.1. The molecule has 0 aliphatic carbocycles. The van der Waals surface area contributed by atoms with Crippen LogP contribution in [0.2, 0.25) is 5.02 Å². The molecule has 5 rings (SSSR count). The molecule has 0 atom stereocenters. The van der Waals surface area contributed by atoms with Crippen LogP contribution in [0.1, 0.15) is 5.56 Å². The Bertz CT molecular complexity index is 1420. The van der Waals surface area contributed by atoms with Gasteiger partial charge in [-0.15, -0.1) is 10.2 Å². The van der Waals surface area contributed by atoms with Crippen LogP contribution in [0.3, 0.4) is 0 Å². The molecule has 8 heteroatoms. The predicted octanol–water partition coefficient (Wildman–Crippen LogP) is 4.69. The normalized spacial score (nSPS) is 10.9. The van der Waals surface area contributed by atoms with E-state index in [9.17, 15) is 4.79 Å². The number of halogens is 1. The highest BCUT2D eigenvalue weighted by Crippen LogP contribution is 2.23. The third-order valence-electron chi connectivity index (χ3n) is 4.91. The Morgan fingerprint density at radius 1 is 0.906 bits per heavy atom. The summed E-state index contributed by atoms with van der Waals surface area (Å²) in [5.74, 6) is 0.418. The number of nitrogens with one attached hydrogen (secondary N) is 1. The minimum Gasteiger partial charge on any atom is -0.326 e. The Morgan fingerprint density at radius 3 is 2.62 bits per heavy atom. The molecule has 0 aliphatic heterocycles. The molecule has 5 aromatic rings. The lowest BCUT2D eigenvalue weighted by molar-refractivity contribution is -0.115. The summed E-state index contributed by atoms with van der Waals surface area (Å²) in [5, 5.41) is 16.6. The molecule has 1 N–H and O–H groups in total. The van der Waals surface area contributed by atoms with E-state index in [2.05, 4.69) is 20.5 Å². The zero-order chi connectivity index (χ0) is 21.9. The second kappa shape index (κ2) is 8.56. The van der Waals surface area contributed by atoms with Crippen molar-refractivity contribution in [2.45, 2.75) is 6.42 Å².